The number of rotatable bonds is 1. The van der Waals surface area contributed by atoms with Crippen LogP contribution in [0.15, 0.2) is 51.5 Å². The van der Waals surface area contributed by atoms with Gasteiger partial charge in [0.25, 0.3) is 0 Å². The first-order valence-corrected chi connectivity index (χ1v) is 7.71. The van der Waals surface area contributed by atoms with E-state index in [4.69, 9.17) is 0 Å². The van der Waals surface area contributed by atoms with Gasteiger partial charge < -0.3 is 4.55 Å². The summed E-state index contributed by atoms with van der Waals surface area (Å²) in [5.41, 5.74) is 2.68. The molecule has 0 spiro atoms. The molecule has 1 heterocycles. The van der Waals surface area contributed by atoms with Crippen molar-refractivity contribution in [2.75, 3.05) is 0 Å². The van der Waals surface area contributed by atoms with Gasteiger partial charge >= 0.3 is 51.4 Å². The van der Waals surface area contributed by atoms with E-state index in [1.807, 2.05) is 19.1 Å². The van der Waals surface area contributed by atoms with Crippen LogP contribution in [0.5, 0.6) is 0 Å². The fraction of sp³-hybridized carbons (Fsp3) is 0.267. The smallest absolute Gasteiger partial charge is 0.744 e. The molecule has 0 fully saturated rings. The molecule has 3 rings (SSSR count). The minimum absolute atomic E-state index is 0. The predicted octanol–water partition coefficient (Wildman–Crippen LogP) is -1.75. The van der Waals surface area contributed by atoms with Crippen molar-refractivity contribution in [2.45, 2.75) is 25.7 Å². The second kappa shape index (κ2) is 5.52. The van der Waals surface area contributed by atoms with Crippen molar-refractivity contribution in [3.63, 3.8) is 0 Å². The average Bonchev–Trinajstić information content (AvgIpc) is 2.65. The molecule has 0 saturated carbocycles. The Morgan fingerprint density at radius 2 is 1.90 bits per heavy atom. The Morgan fingerprint density at radius 3 is 2.52 bits per heavy atom. The summed E-state index contributed by atoms with van der Waals surface area (Å²) in [6.07, 6.45) is 4.03. The van der Waals surface area contributed by atoms with Crippen LogP contribution in [-0.2, 0) is 10.1 Å². The summed E-state index contributed by atoms with van der Waals surface area (Å²) < 4.78 is 34.0. The van der Waals surface area contributed by atoms with Gasteiger partial charge in [-0.2, -0.15) is 0 Å². The minimum atomic E-state index is -4.52. The summed E-state index contributed by atoms with van der Waals surface area (Å²) in [5, 5.41) is 0.980. The van der Waals surface area contributed by atoms with Crippen LogP contribution in [0.25, 0.3) is 5.57 Å². The molecule has 104 valence electrons. The average molecular weight is 327 g/mol. The van der Waals surface area contributed by atoms with Crippen molar-refractivity contribution in [2.24, 2.45) is 10.4 Å². The van der Waals surface area contributed by atoms with Crippen molar-refractivity contribution >= 4 is 15.7 Å². The molecule has 0 saturated heterocycles. The van der Waals surface area contributed by atoms with Gasteiger partial charge in [-0.15, -0.1) is 0 Å². The van der Waals surface area contributed by atoms with Crippen LogP contribution in [-0.4, -0.2) is 13.0 Å². The van der Waals surface area contributed by atoms with Crippen LogP contribution >= 0.6 is 0 Å². The molecule has 0 N–H and O–H groups in total. The quantitative estimate of drug-likeness (QED) is 0.454. The summed E-state index contributed by atoms with van der Waals surface area (Å²) in [6, 6.07) is 4.69. The van der Waals surface area contributed by atoms with Gasteiger partial charge in [-0.05, 0) is 19.1 Å². The first-order chi connectivity index (χ1) is 9.20. The van der Waals surface area contributed by atoms with E-state index in [2.05, 4.69) is 18.8 Å². The summed E-state index contributed by atoms with van der Waals surface area (Å²) in [6.45, 7) is 6.19. The Labute approximate surface area is 166 Å². The summed E-state index contributed by atoms with van der Waals surface area (Å²) in [5.74, 6) is 0. The molecule has 0 bridgehead atoms. The third kappa shape index (κ3) is 2.90. The second-order valence-corrected chi connectivity index (χ2v) is 7.06. The molecular weight excluding hydrogens is 313 g/mol. The monoisotopic (exact) mass is 327 g/mol. The van der Waals surface area contributed by atoms with E-state index in [-0.39, 0.29) is 67.1 Å². The number of hydrogen-bond donors (Lipinski definition) is 0. The summed E-state index contributed by atoms with van der Waals surface area (Å²) >= 11 is 0. The fourth-order valence-corrected chi connectivity index (χ4v) is 3.13. The van der Waals surface area contributed by atoms with Gasteiger partial charge in [-0.1, -0.05) is 37.6 Å². The Hall–Kier alpha value is -0.0836. The standard InChI is InChI=1S/C15H15NO3S.K/c1-9-7-11-10-5-4-6-13(20(17,18)19)14(10)16-12(11)8-15(9,2)3;/h4-8H,1-3H3,(H,17,18,19);/q;+1/p-1. The van der Waals surface area contributed by atoms with Crippen molar-refractivity contribution in [3.8, 4) is 0 Å². The fourth-order valence-electron chi connectivity index (χ4n) is 2.50. The minimum Gasteiger partial charge on any atom is -0.744 e. The van der Waals surface area contributed by atoms with E-state index in [0.29, 0.717) is 5.22 Å². The Morgan fingerprint density at radius 1 is 1.24 bits per heavy atom. The molecule has 1 aliphatic carbocycles. The van der Waals surface area contributed by atoms with E-state index in [9.17, 15) is 13.0 Å². The third-order valence-electron chi connectivity index (χ3n) is 3.94. The Bertz CT molecular complexity index is 909. The number of allylic oxidation sites excluding steroid dienone is 3. The van der Waals surface area contributed by atoms with Gasteiger partial charge in [0.05, 0.1) is 15.9 Å². The van der Waals surface area contributed by atoms with E-state index >= 15 is 0 Å². The first-order valence-electron chi connectivity index (χ1n) is 6.30. The van der Waals surface area contributed by atoms with E-state index in [1.54, 1.807) is 12.1 Å². The number of fused-ring (bicyclic) bond motifs is 2. The zero-order chi connectivity index (χ0) is 14.7. The Kier molecular flexibility index (Phi) is 4.54. The molecule has 1 aromatic rings. The van der Waals surface area contributed by atoms with Crippen LogP contribution < -0.4 is 62.0 Å². The topological polar surface area (TPSA) is 69.6 Å². The Balaban J connectivity index is 0.00000161. The van der Waals surface area contributed by atoms with E-state index in [1.165, 1.54) is 11.6 Å². The van der Waals surface area contributed by atoms with Crippen molar-refractivity contribution < 1.29 is 64.4 Å². The van der Waals surface area contributed by atoms with Gasteiger partial charge in [-0.25, -0.2) is 13.4 Å². The van der Waals surface area contributed by atoms with Gasteiger partial charge in [-0.3, -0.25) is 0 Å². The maximum Gasteiger partial charge on any atom is 1.00 e. The number of para-hydroxylation sites is 1. The molecular formula is C15H14KNO3S. The predicted molar refractivity (Wildman–Crippen MR) is 74.2 cm³/mol. The van der Waals surface area contributed by atoms with Gasteiger partial charge in [0, 0.05) is 16.2 Å². The van der Waals surface area contributed by atoms with E-state index < -0.39 is 10.1 Å². The maximum absolute atomic E-state index is 11.3. The molecule has 6 heteroatoms. The molecule has 2 aliphatic rings. The van der Waals surface area contributed by atoms with Crippen molar-refractivity contribution in [3.05, 3.63) is 52.2 Å². The van der Waals surface area contributed by atoms with Crippen LogP contribution in [0.1, 0.15) is 20.8 Å². The van der Waals surface area contributed by atoms with Crippen LogP contribution in [0.3, 0.4) is 0 Å². The van der Waals surface area contributed by atoms with Crippen molar-refractivity contribution in [1.29, 1.82) is 0 Å². The molecule has 21 heavy (non-hydrogen) atoms. The van der Waals surface area contributed by atoms with Crippen LogP contribution in [0, 0.1) is 5.41 Å². The van der Waals surface area contributed by atoms with Gasteiger partial charge in [0.1, 0.15) is 10.1 Å². The molecule has 0 atom stereocenters. The molecule has 0 unspecified atom stereocenters. The van der Waals surface area contributed by atoms with Gasteiger partial charge in [0.15, 0.2) is 0 Å². The largest absolute Gasteiger partial charge is 1.00 e. The zero-order valence-electron chi connectivity index (χ0n) is 12.5. The number of benzene rings is 1. The number of nitrogens with zero attached hydrogens (tertiary/aromatic N) is 1. The first kappa shape index (κ1) is 17.3. The normalized spacial score (nSPS) is 18.8. The molecule has 1 aromatic carbocycles. The molecule has 0 radical (unpaired) electrons. The SMILES string of the molecule is CC1=CC2=c3cccc(S(=O)(=O)[O-])c3=NC2=CC1(C)C.[K+]. The van der Waals surface area contributed by atoms with Crippen LogP contribution in [0.2, 0.25) is 0 Å². The molecule has 1 aliphatic heterocycles. The molecule has 0 aromatic heterocycles. The maximum atomic E-state index is 11.3. The van der Waals surface area contributed by atoms with Crippen LogP contribution in [0.4, 0.5) is 0 Å². The summed E-state index contributed by atoms with van der Waals surface area (Å²) in [7, 11) is -4.52. The second-order valence-electron chi connectivity index (χ2n) is 5.71. The molecule has 0 amide bonds. The molecule has 4 nitrogen and oxygen atoms in total. The third-order valence-corrected chi connectivity index (χ3v) is 4.81. The van der Waals surface area contributed by atoms with Gasteiger partial charge in [0.2, 0.25) is 0 Å². The summed E-state index contributed by atoms with van der Waals surface area (Å²) in [4.78, 5) is 4.12. The van der Waals surface area contributed by atoms with E-state index in [0.717, 1.165) is 11.3 Å². The number of hydrogen-bond acceptors (Lipinski definition) is 4. The van der Waals surface area contributed by atoms with Crippen molar-refractivity contribution in [1.82, 2.24) is 0 Å². The zero-order valence-corrected chi connectivity index (χ0v) is 16.4.